The Balaban J connectivity index is 1.86. The number of rotatable bonds is 2. The van der Waals surface area contributed by atoms with E-state index in [9.17, 15) is 0 Å². The molecule has 4 aromatic heterocycles. The highest BCUT2D eigenvalue weighted by atomic mass is 35.5. The van der Waals surface area contributed by atoms with Crippen molar-refractivity contribution >= 4 is 45.3 Å². The second-order valence-electron chi connectivity index (χ2n) is 4.63. The van der Waals surface area contributed by atoms with Crippen molar-refractivity contribution in [1.29, 1.82) is 0 Å². The molecule has 0 aromatic carbocycles. The number of ether oxygens (including phenoxy) is 1. The van der Waals surface area contributed by atoms with Crippen molar-refractivity contribution in [3.8, 4) is 11.9 Å². The molecule has 23 heavy (non-hydrogen) atoms. The third-order valence-electron chi connectivity index (χ3n) is 3.16. The zero-order chi connectivity index (χ0) is 16.1. The lowest BCUT2D eigenvalue weighted by Gasteiger charge is -2.03. The number of nitrogens with two attached hydrogens (primary N) is 2. The first-order valence-corrected chi connectivity index (χ1v) is 6.71. The molecule has 0 aliphatic rings. The Morgan fingerprint density at radius 1 is 1.17 bits per heavy atom. The van der Waals surface area contributed by atoms with Crippen LogP contribution in [0.2, 0.25) is 5.28 Å². The molecule has 116 valence electrons. The van der Waals surface area contributed by atoms with Crippen molar-refractivity contribution in [2.75, 3.05) is 11.5 Å². The van der Waals surface area contributed by atoms with Gasteiger partial charge >= 0.3 is 6.01 Å². The van der Waals surface area contributed by atoms with E-state index in [1.807, 2.05) is 0 Å². The van der Waals surface area contributed by atoms with Gasteiger partial charge in [-0.15, -0.1) is 5.10 Å². The van der Waals surface area contributed by atoms with E-state index in [2.05, 4.69) is 35.2 Å². The van der Waals surface area contributed by atoms with Crippen LogP contribution in [0.4, 0.5) is 11.6 Å². The van der Waals surface area contributed by atoms with E-state index in [0.29, 0.717) is 22.1 Å². The number of nitrogens with one attached hydrogen (secondary N) is 1. The molecule has 0 amide bonds. The summed E-state index contributed by atoms with van der Waals surface area (Å²) >= 11 is 5.80. The molecule has 4 heterocycles. The van der Waals surface area contributed by atoms with Crippen molar-refractivity contribution in [2.45, 2.75) is 0 Å². The number of aromatic nitrogens is 8. The topological polar surface area (TPSA) is 159 Å². The average Bonchev–Trinajstić information content (AvgIpc) is 3.05. The molecule has 0 bridgehead atoms. The molecule has 0 aliphatic carbocycles. The Labute approximate surface area is 132 Å². The molecule has 11 nitrogen and oxygen atoms in total. The Morgan fingerprint density at radius 2 is 2.00 bits per heavy atom. The van der Waals surface area contributed by atoms with Gasteiger partial charge in [-0.25, -0.2) is 9.67 Å². The van der Waals surface area contributed by atoms with Crippen molar-refractivity contribution in [3.05, 3.63) is 11.5 Å². The lowest BCUT2D eigenvalue weighted by Crippen LogP contribution is -1.99. The SMILES string of the molecule is Cn1nc(Oc2nc(N)c3cn[nH]c3n2)c2c(N)nc(Cl)nc21. The molecule has 0 atom stereocenters. The fourth-order valence-corrected chi connectivity index (χ4v) is 2.32. The van der Waals surface area contributed by atoms with Crippen LogP contribution in [-0.2, 0) is 7.05 Å². The van der Waals surface area contributed by atoms with Crippen LogP contribution in [-0.4, -0.2) is 39.9 Å². The van der Waals surface area contributed by atoms with Crippen LogP contribution in [0.1, 0.15) is 0 Å². The number of nitrogens with zero attached hydrogens (tertiary/aromatic N) is 7. The van der Waals surface area contributed by atoms with Crippen LogP contribution in [0, 0.1) is 0 Å². The molecule has 0 radical (unpaired) electrons. The number of halogens is 1. The minimum Gasteiger partial charge on any atom is -0.403 e. The number of fused-ring (bicyclic) bond motifs is 2. The van der Waals surface area contributed by atoms with Crippen molar-refractivity contribution in [3.63, 3.8) is 0 Å². The number of hydrogen-bond donors (Lipinski definition) is 3. The largest absolute Gasteiger partial charge is 0.403 e. The zero-order valence-electron chi connectivity index (χ0n) is 11.6. The first-order valence-electron chi connectivity index (χ1n) is 6.33. The van der Waals surface area contributed by atoms with E-state index >= 15 is 0 Å². The molecule has 4 rings (SSSR count). The Kier molecular flexibility index (Phi) is 2.72. The molecule has 0 saturated carbocycles. The molecule has 5 N–H and O–H groups in total. The van der Waals surface area contributed by atoms with Gasteiger partial charge in [0, 0.05) is 7.05 Å². The normalized spacial score (nSPS) is 11.4. The third kappa shape index (κ3) is 2.05. The number of anilines is 2. The first-order chi connectivity index (χ1) is 11.0. The van der Waals surface area contributed by atoms with Gasteiger partial charge in [-0.05, 0) is 11.6 Å². The lowest BCUT2D eigenvalue weighted by molar-refractivity contribution is 0.425. The highest BCUT2D eigenvalue weighted by molar-refractivity contribution is 6.28. The van der Waals surface area contributed by atoms with Gasteiger partial charge in [0.2, 0.25) is 5.28 Å². The maximum absolute atomic E-state index is 5.88. The van der Waals surface area contributed by atoms with E-state index < -0.39 is 0 Å². The average molecular weight is 333 g/mol. The summed E-state index contributed by atoms with van der Waals surface area (Å²) in [5.74, 6) is 0.514. The van der Waals surface area contributed by atoms with Crippen molar-refractivity contribution < 1.29 is 4.74 Å². The molecule has 0 unspecified atom stereocenters. The first kappa shape index (κ1) is 13.5. The maximum Gasteiger partial charge on any atom is 0.327 e. The fraction of sp³-hybridized carbons (Fsp3) is 0.0909. The van der Waals surface area contributed by atoms with Gasteiger partial charge in [0.1, 0.15) is 17.0 Å². The third-order valence-corrected chi connectivity index (χ3v) is 3.33. The molecule has 0 fully saturated rings. The number of aryl methyl sites for hydroxylation is 1. The minimum atomic E-state index is -0.00593. The van der Waals surface area contributed by atoms with Gasteiger partial charge in [0.05, 0.1) is 11.6 Å². The highest BCUT2D eigenvalue weighted by Crippen LogP contribution is 2.31. The Bertz CT molecular complexity index is 1050. The molecule has 0 saturated heterocycles. The number of hydrogen-bond acceptors (Lipinski definition) is 9. The van der Waals surface area contributed by atoms with E-state index in [4.69, 9.17) is 27.8 Å². The number of aromatic amines is 1. The Hall–Kier alpha value is -3.21. The minimum absolute atomic E-state index is 0.00593. The van der Waals surface area contributed by atoms with Gasteiger partial charge in [-0.3, -0.25) is 5.10 Å². The van der Waals surface area contributed by atoms with Gasteiger partial charge in [0.25, 0.3) is 5.88 Å². The van der Waals surface area contributed by atoms with Gasteiger partial charge in [-0.2, -0.15) is 20.1 Å². The van der Waals surface area contributed by atoms with E-state index in [0.717, 1.165) is 0 Å². The molecule has 4 aromatic rings. The molecule has 12 heteroatoms. The maximum atomic E-state index is 5.88. The summed E-state index contributed by atoms with van der Waals surface area (Å²) in [5, 5.41) is 11.8. The van der Waals surface area contributed by atoms with Crippen molar-refractivity contribution in [2.24, 2.45) is 7.05 Å². The number of nitrogen functional groups attached to an aromatic ring is 2. The predicted molar refractivity (Wildman–Crippen MR) is 81.9 cm³/mol. The van der Waals surface area contributed by atoms with Gasteiger partial charge < -0.3 is 16.2 Å². The van der Waals surface area contributed by atoms with Crippen LogP contribution < -0.4 is 16.2 Å². The Morgan fingerprint density at radius 3 is 2.83 bits per heavy atom. The van der Waals surface area contributed by atoms with Crippen LogP contribution in [0.25, 0.3) is 22.1 Å². The summed E-state index contributed by atoms with van der Waals surface area (Å²) in [6.07, 6.45) is 1.53. The summed E-state index contributed by atoms with van der Waals surface area (Å²) in [4.78, 5) is 16.2. The molecular weight excluding hydrogens is 324 g/mol. The van der Waals surface area contributed by atoms with Crippen LogP contribution in [0.5, 0.6) is 11.9 Å². The van der Waals surface area contributed by atoms with Gasteiger partial charge in [-0.1, -0.05) is 0 Å². The van der Waals surface area contributed by atoms with E-state index in [1.165, 1.54) is 10.9 Å². The summed E-state index contributed by atoms with van der Waals surface area (Å²) < 4.78 is 7.07. The summed E-state index contributed by atoms with van der Waals surface area (Å²) in [5.41, 5.74) is 12.6. The van der Waals surface area contributed by atoms with E-state index in [-0.39, 0.29) is 28.8 Å². The van der Waals surface area contributed by atoms with Gasteiger partial charge in [0.15, 0.2) is 11.3 Å². The second-order valence-corrected chi connectivity index (χ2v) is 4.97. The van der Waals surface area contributed by atoms with Crippen molar-refractivity contribution in [1.82, 2.24) is 39.9 Å². The summed E-state index contributed by atoms with van der Waals surface area (Å²) in [6.45, 7) is 0. The molecule has 0 aliphatic heterocycles. The second kappa shape index (κ2) is 4.64. The smallest absolute Gasteiger partial charge is 0.327 e. The van der Waals surface area contributed by atoms with Crippen LogP contribution in [0.15, 0.2) is 6.20 Å². The highest BCUT2D eigenvalue weighted by Gasteiger charge is 2.19. The lowest BCUT2D eigenvalue weighted by atomic mass is 10.4. The monoisotopic (exact) mass is 332 g/mol. The standard InChI is InChI=1S/C11H9ClN10O/c1-22-8-4(6(14)16-10(12)19-8)9(21-22)23-11-17-5(13)3-2-15-20-7(3)18-11/h2H,1H3,(H2,14,16,19)(H3,13,15,17,18,20). The summed E-state index contributed by atoms with van der Waals surface area (Å²) in [6, 6.07) is -0.00593. The van der Waals surface area contributed by atoms with Crippen LogP contribution >= 0.6 is 11.6 Å². The predicted octanol–water partition coefficient (Wildman–Crippen LogP) is 0.640. The fourth-order valence-electron chi connectivity index (χ4n) is 2.15. The van der Waals surface area contributed by atoms with Crippen LogP contribution in [0.3, 0.4) is 0 Å². The zero-order valence-corrected chi connectivity index (χ0v) is 12.4. The quantitative estimate of drug-likeness (QED) is 0.447. The van der Waals surface area contributed by atoms with E-state index in [1.54, 1.807) is 7.05 Å². The summed E-state index contributed by atoms with van der Waals surface area (Å²) in [7, 11) is 1.67. The molecule has 0 spiro atoms. The molecular formula is C11H9ClN10O. The number of H-pyrrole nitrogens is 1.